The van der Waals surface area contributed by atoms with Crippen molar-refractivity contribution < 1.29 is 4.79 Å². The summed E-state index contributed by atoms with van der Waals surface area (Å²) in [5.74, 6) is 1.71. The van der Waals surface area contributed by atoms with Crippen LogP contribution < -0.4 is 5.32 Å². The Balaban J connectivity index is 1.40. The molecule has 6 heteroatoms. The van der Waals surface area contributed by atoms with E-state index in [1.165, 1.54) is 0 Å². The van der Waals surface area contributed by atoms with Gasteiger partial charge in [0.2, 0.25) is 0 Å². The molecule has 1 spiro atoms. The second-order valence-corrected chi connectivity index (χ2v) is 8.21. The van der Waals surface area contributed by atoms with Gasteiger partial charge in [-0.1, -0.05) is 30.3 Å². The number of fused-ring (bicyclic) bond motifs is 2. The fourth-order valence-electron chi connectivity index (χ4n) is 4.68. The lowest BCUT2D eigenvalue weighted by Gasteiger charge is -2.25. The van der Waals surface area contributed by atoms with Crippen LogP contribution in [0.3, 0.4) is 0 Å². The summed E-state index contributed by atoms with van der Waals surface area (Å²) in [7, 11) is 0. The van der Waals surface area contributed by atoms with E-state index < -0.39 is 5.54 Å². The van der Waals surface area contributed by atoms with E-state index in [2.05, 4.69) is 15.2 Å². The molecular formula is C19H20N4OS. The second kappa shape index (κ2) is 5.75. The summed E-state index contributed by atoms with van der Waals surface area (Å²) in [5.41, 5.74) is 0.432. The molecule has 2 fully saturated rings. The first kappa shape index (κ1) is 15.2. The van der Waals surface area contributed by atoms with Gasteiger partial charge in [-0.25, -0.2) is 4.98 Å². The number of amides is 1. The van der Waals surface area contributed by atoms with Crippen molar-refractivity contribution in [1.29, 1.82) is 0 Å². The molecule has 3 aliphatic rings. The summed E-state index contributed by atoms with van der Waals surface area (Å²) < 4.78 is 0. The fourth-order valence-corrected chi connectivity index (χ4v) is 5.34. The highest BCUT2D eigenvalue weighted by atomic mass is 32.1. The first-order chi connectivity index (χ1) is 12.2. The Morgan fingerprint density at radius 1 is 1.28 bits per heavy atom. The van der Waals surface area contributed by atoms with E-state index in [-0.39, 0.29) is 5.91 Å². The van der Waals surface area contributed by atoms with E-state index in [9.17, 15) is 4.79 Å². The van der Waals surface area contributed by atoms with Gasteiger partial charge in [0.25, 0.3) is 5.91 Å². The number of hydrogen-bond donors (Lipinski definition) is 1. The summed E-state index contributed by atoms with van der Waals surface area (Å²) in [6, 6.07) is 9.97. The maximum atomic E-state index is 12.9. The van der Waals surface area contributed by atoms with Crippen LogP contribution in [0.15, 0.2) is 46.9 Å². The lowest BCUT2D eigenvalue weighted by atomic mass is 9.85. The van der Waals surface area contributed by atoms with Crippen LogP contribution in [0.2, 0.25) is 0 Å². The van der Waals surface area contributed by atoms with E-state index in [1.54, 1.807) is 11.3 Å². The predicted octanol–water partition coefficient (Wildman–Crippen LogP) is 2.30. The van der Waals surface area contributed by atoms with Gasteiger partial charge in [0.05, 0.1) is 6.54 Å². The molecule has 1 amide bonds. The van der Waals surface area contributed by atoms with Crippen LogP contribution in [-0.4, -0.2) is 40.3 Å². The summed E-state index contributed by atoms with van der Waals surface area (Å²) >= 11 is 1.70. The van der Waals surface area contributed by atoms with Gasteiger partial charge in [0.1, 0.15) is 16.4 Å². The number of amidine groups is 1. The smallest absolute Gasteiger partial charge is 0.253 e. The van der Waals surface area contributed by atoms with Gasteiger partial charge in [0, 0.05) is 36.1 Å². The Bertz CT molecular complexity index is 819. The number of nitrogens with zero attached hydrogens (tertiary/aromatic N) is 3. The third-order valence-electron chi connectivity index (χ3n) is 5.85. The zero-order valence-corrected chi connectivity index (χ0v) is 14.7. The summed E-state index contributed by atoms with van der Waals surface area (Å²) in [6.07, 6.45) is 3.81. The number of carbonyl (C=O) groups is 1. The molecule has 0 unspecified atom stereocenters. The second-order valence-electron chi connectivity index (χ2n) is 7.23. The first-order valence-corrected chi connectivity index (χ1v) is 9.70. The number of benzene rings is 1. The summed E-state index contributed by atoms with van der Waals surface area (Å²) in [6.45, 7) is 2.87. The molecule has 1 saturated carbocycles. The van der Waals surface area contributed by atoms with Crippen LogP contribution in [0.1, 0.15) is 23.4 Å². The predicted molar refractivity (Wildman–Crippen MR) is 97.5 cm³/mol. The van der Waals surface area contributed by atoms with Crippen LogP contribution in [0.25, 0.3) is 0 Å². The van der Waals surface area contributed by atoms with E-state index in [0.29, 0.717) is 11.8 Å². The van der Waals surface area contributed by atoms with Crippen molar-refractivity contribution in [2.24, 2.45) is 16.8 Å². The molecule has 3 heterocycles. The first-order valence-electron chi connectivity index (χ1n) is 8.82. The normalized spacial score (nSPS) is 31.4. The van der Waals surface area contributed by atoms with Gasteiger partial charge >= 0.3 is 0 Å². The zero-order chi connectivity index (χ0) is 16.9. The number of nitrogens with one attached hydrogen (secondary N) is 1. The number of rotatable bonds is 3. The lowest BCUT2D eigenvalue weighted by molar-refractivity contribution is -0.125. The lowest BCUT2D eigenvalue weighted by Crippen LogP contribution is -2.44. The van der Waals surface area contributed by atoms with Crippen molar-refractivity contribution in [3.8, 4) is 0 Å². The molecule has 128 valence electrons. The maximum Gasteiger partial charge on any atom is 0.253 e. The molecule has 5 rings (SSSR count). The van der Waals surface area contributed by atoms with Gasteiger partial charge in [-0.3, -0.25) is 14.7 Å². The molecule has 2 aromatic rings. The molecule has 5 nitrogen and oxygen atoms in total. The molecule has 3 atom stereocenters. The molecule has 0 radical (unpaired) electrons. The monoisotopic (exact) mass is 352 g/mol. The quantitative estimate of drug-likeness (QED) is 0.922. The average molecular weight is 352 g/mol. The van der Waals surface area contributed by atoms with Crippen LogP contribution >= 0.6 is 11.3 Å². The Morgan fingerprint density at radius 3 is 2.96 bits per heavy atom. The molecular weight excluding hydrogens is 332 g/mol. The Labute approximate surface area is 150 Å². The largest absolute Gasteiger partial charge is 0.308 e. The average Bonchev–Trinajstić information content (AvgIpc) is 3.38. The number of carbonyl (C=O) groups excluding carboxylic acids is 1. The van der Waals surface area contributed by atoms with E-state index in [0.717, 1.165) is 48.9 Å². The molecule has 1 aliphatic carbocycles. The number of aliphatic imine (C=N–C) groups is 1. The SMILES string of the molecule is O=C1NC(c2ccccc2)=N[C@]12CC[C@H]1CN(Cc3nccs3)C[C@H]12. The van der Waals surface area contributed by atoms with Gasteiger partial charge in [0.15, 0.2) is 0 Å². The highest BCUT2D eigenvalue weighted by molar-refractivity contribution is 7.09. The third-order valence-corrected chi connectivity index (χ3v) is 6.62. The summed E-state index contributed by atoms with van der Waals surface area (Å²) in [4.78, 5) is 24.7. The minimum absolute atomic E-state index is 0.0925. The van der Waals surface area contributed by atoms with Crippen molar-refractivity contribution in [2.75, 3.05) is 13.1 Å². The highest BCUT2D eigenvalue weighted by Crippen LogP contribution is 2.49. The van der Waals surface area contributed by atoms with E-state index in [1.807, 2.05) is 41.9 Å². The van der Waals surface area contributed by atoms with Crippen LogP contribution in [0, 0.1) is 11.8 Å². The van der Waals surface area contributed by atoms with Crippen LogP contribution in [-0.2, 0) is 11.3 Å². The number of hydrogen-bond acceptors (Lipinski definition) is 5. The molecule has 2 aliphatic heterocycles. The third kappa shape index (κ3) is 2.43. The number of thiazole rings is 1. The maximum absolute atomic E-state index is 12.9. The van der Waals surface area contributed by atoms with Gasteiger partial charge in [-0.2, -0.15) is 0 Å². The highest BCUT2D eigenvalue weighted by Gasteiger charge is 2.59. The van der Waals surface area contributed by atoms with Crippen molar-refractivity contribution in [3.05, 3.63) is 52.5 Å². The molecule has 1 aromatic carbocycles. The Kier molecular flexibility index (Phi) is 3.50. The van der Waals surface area contributed by atoms with Gasteiger partial charge < -0.3 is 5.32 Å². The van der Waals surface area contributed by atoms with Gasteiger partial charge in [-0.15, -0.1) is 11.3 Å². The van der Waals surface area contributed by atoms with Crippen molar-refractivity contribution >= 4 is 23.1 Å². The molecule has 1 aromatic heterocycles. The van der Waals surface area contributed by atoms with E-state index >= 15 is 0 Å². The zero-order valence-electron chi connectivity index (χ0n) is 13.9. The van der Waals surface area contributed by atoms with Crippen molar-refractivity contribution in [1.82, 2.24) is 15.2 Å². The van der Waals surface area contributed by atoms with Crippen LogP contribution in [0.5, 0.6) is 0 Å². The Morgan fingerprint density at radius 2 is 2.16 bits per heavy atom. The topological polar surface area (TPSA) is 57.6 Å². The molecule has 1 N–H and O–H groups in total. The minimum Gasteiger partial charge on any atom is -0.308 e. The molecule has 1 saturated heterocycles. The van der Waals surface area contributed by atoms with Crippen molar-refractivity contribution in [3.63, 3.8) is 0 Å². The molecule has 25 heavy (non-hydrogen) atoms. The van der Waals surface area contributed by atoms with Gasteiger partial charge in [-0.05, 0) is 18.8 Å². The summed E-state index contributed by atoms with van der Waals surface area (Å²) in [5, 5.41) is 6.23. The fraction of sp³-hybridized carbons (Fsp3) is 0.421. The Hall–Kier alpha value is -2.05. The molecule has 0 bridgehead atoms. The number of likely N-dealkylation sites (tertiary alicyclic amines) is 1. The minimum atomic E-state index is -0.562. The van der Waals surface area contributed by atoms with Crippen LogP contribution in [0.4, 0.5) is 0 Å². The van der Waals surface area contributed by atoms with E-state index in [4.69, 9.17) is 4.99 Å². The standard InChI is InChI=1S/C19H20N4OS/c24-18-19(22-17(21-18)13-4-2-1-3-5-13)7-6-14-10-23(11-15(14)19)12-16-20-8-9-25-16/h1-5,8-9,14-15H,6-7,10-12H2,(H,21,22,24)/t14-,15+,19-/m0/s1. The van der Waals surface area contributed by atoms with Crippen molar-refractivity contribution in [2.45, 2.75) is 24.9 Å². The number of aromatic nitrogens is 1.